The summed E-state index contributed by atoms with van der Waals surface area (Å²) in [5.74, 6) is 0. The Morgan fingerprint density at radius 1 is 0.750 bits per heavy atom. The van der Waals surface area contributed by atoms with Crippen LogP contribution >= 0.6 is 0 Å². The molecule has 0 spiro atoms. The Kier molecular flexibility index (Phi) is 162. The molecular formula is H2I2OSn. The van der Waals surface area contributed by atoms with Gasteiger partial charge < -0.3 is 53.4 Å². The van der Waals surface area contributed by atoms with Crippen LogP contribution < -0.4 is 48.0 Å². The molecule has 0 aromatic carbocycles. The van der Waals surface area contributed by atoms with Crippen molar-refractivity contribution in [2.45, 2.75) is 0 Å². The van der Waals surface area contributed by atoms with Gasteiger partial charge in [0.1, 0.15) is 0 Å². The second-order valence-electron chi connectivity index (χ2n) is 0. The third-order valence-corrected chi connectivity index (χ3v) is 0. The van der Waals surface area contributed by atoms with Gasteiger partial charge in [-0.15, -0.1) is 0 Å². The molecule has 4 heavy (non-hydrogen) atoms. The smallest absolute Gasteiger partial charge is 1.00 e. The fraction of sp³-hybridized carbons (Fsp3) is 0. The molecule has 0 atom stereocenters. The molecule has 1 nitrogen and oxygen atoms in total. The number of rotatable bonds is 0. The van der Waals surface area contributed by atoms with Crippen LogP contribution in [-0.2, 0) is 0 Å². The first-order valence-electron chi connectivity index (χ1n) is 0. The maximum atomic E-state index is 0. The summed E-state index contributed by atoms with van der Waals surface area (Å²) in [6, 6.07) is 0. The molecule has 0 aromatic heterocycles. The van der Waals surface area contributed by atoms with Crippen LogP contribution in [0.15, 0.2) is 0 Å². The Bertz CT molecular complexity index is 6.00. The molecule has 0 aromatic rings. The first kappa shape index (κ1) is 34.4. The Morgan fingerprint density at radius 2 is 0.750 bits per heavy atom. The maximum absolute atomic E-state index is 0. The zero-order chi connectivity index (χ0) is 0. The van der Waals surface area contributed by atoms with E-state index in [9.17, 15) is 0 Å². The third-order valence-electron chi connectivity index (χ3n) is 0. The van der Waals surface area contributed by atoms with Crippen molar-refractivity contribution in [2.24, 2.45) is 0 Å². The Morgan fingerprint density at radius 3 is 0.750 bits per heavy atom. The van der Waals surface area contributed by atoms with Gasteiger partial charge in [0.25, 0.3) is 0 Å². The van der Waals surface area contributed by atoms with E-state index in [0.717, 1.165) is 0 Å². The van der Waals surface area contributed by atoms with E-state index >= 15 is 0 Å². The van der Waals surface area contributed by atoms with E-state index in [1.165, 1.54) is 0 Å². The van der Waals surface area contributed by atoms with Gasteiger partial charge in [-0.3, -0.25) is 0 Å². The molecule has 0 fully saturated rings. The fourth-order valence-corrected chi connectivity index (χ4v) is 0. The van der Waals surface area contributed by atoms with Gasteiger partial charge >= 0.3 is 23.9 Å². The number of halogens is 2. The van der Waals surface area contributed by atoms with Crippen LogP contribution in [0.4, 0.5) is 0 Å². The molecule has 0 saturated carbocycles. The summed E-state index contributed by atoms with van der Waals surface area (Å²) in [7, 11) is 0. The molecule has 0 bridgehead atoms. The van der Waals surface area contributed by atoms with Crippen molar-refractivity contribution >= 4 is 23.9 Å². The number of hydrogen-bond donors (Lipinski definition) is 0. The van der Waals surface area contributed by atoms with E-state index in [1.807, 2.05) is 0 Å². The first-order chi connectivity index (χ1) is 0. The quantitative estimate of drug-likeness (QED) is 0.291. The van der Waals surface area contributed by atoms with E-state index in [4.69, 9.17) is 0 Å². The van der Waals surface area contributed by atoms with Gasteiger partial charge in [-0.05, 0) is 0 Å². The van der Waals surface area contributed by atoms with Crippen molar-refractivity contribution in [3.05, 3.63) is 0 Å². The Balaban J connectivity index is 0. The topological polar surface area (TPSA) is 31.5 Å². The molecule has 0 aliphatic carbocycles. The molecule has 2 N–H and O–H groups in total. The number of hydrogen-bond acceptors (Lipinski definition) is 0. The van der Waals surface area contributed by atoms with Crippen molar-refractivity contribution in [3.8, 4) is 0 Å². The average molecular weight is 391 g/mol. The zero-order valence-corrected chi connectivity index (χ0v) is 8.93. The Hall–Kier alpha value is 2.22. The second kappa shape index (κ2) is 18.9. The zero-order valence-electron chi connectivity index (χ0n) is 1.76. The monoisotopic (exact) mass is 392 g/mol. The van der Waals surface area contributed by atoms with Crippen LogP contribution in [0, 0.1) is 0 Å². The van der Waals surface area contributed by atoms with Gasteiger partial charge in [0.05, 0.1) is 0 Å². The van der Waals surface area contributed by atoms with E-state index in [2.05, 4.69) is 0 Å². The summed E-state index contributed by atoms with van der Waals surface area (Å²) in [6.45, 7) is 0. The van der Waals surface area contributed by atoms with Crippen molar-refractivity contribution in [1.82, 2.24) is 0 Å². The fourth-order valence-electron chi connectivity index (χ4n) is 0. The normalized spacial score (nSPS) is 0. The van der Waals surface area contributed by atoms with E-state index in [0.29, 0.717) is 0 Å². The summed E-state index contributed by atoms with van der Waals surface area (Å²) in [4.78, 5) is 0. The summed E-state index contributed by atoms with van der Waals surface area (Å²) >= 11 is 0. The van der Waals surface area contributed by atoms with Crippen molar-refractivity contribution in [1.29, 1.82) is 0 Å². The van der Waals surface area contributed by atoms with Crippen LogP contribution in [0.25, 0.3) is 0 Å². The molecule has 0 heterocycles. The summed E-state index contributed by atoms with van der Waals surface area (Å²) < 4.78 is 0. The van der Waals surface area contributed by atoms with Gasteiger partial charge in [0, 0.05) is 0 Å². The maximum Gasteiger partial charge on any atom is 2.00 e. The summed E-state index contributed by atoms with van der Waals surface area (Å²) in [5, 5.41) is 0. The molecule has 4 heteroatoms. The van der Waals surface area contributed by atoms with Crippen molar-refractivity contribution < 1.29 is 53.4 Å². The second-order valence-corrected chi connectivity index (χ2v) is 0. The van der Waals surface area contributed by atoms with Gasteiger partial charge in [0.2, 0.25) is 0 Å². The first-order valence-corrected chi connectivity index (χ1v) is 0. The van der Waals surface area contributed by atoms with Gasteiger partial charge in [-0.25, -0.2) is 0 Å². The van der Waals surface area contributed by atoms with Crippen LogP contribution in [0.1, 0.15) is 0 Å². The molecule has 0 amide bonds. The summed E-state index contributed by atoms with van der Waals surface area (Å²) in [5.41, 5.74) is 0. The molecular weight excluding hydrogens is 389 g/mol. The van der Waals surface area contributed by atoms with E-state index < -0.39 is 0 Å². The minimum absolute atomic E-state index is 0. The van der Waals surface area contributed by atoms with Gasteiger partial charge in [0.15, 0.2) is 0 Å². The average Bonchev–Trinajstić information content (AvgIpc) is 0. The van der Waals surface area contributed by atoms with Crippen LogP contribution in [0.5, 0.6) is 0 Å². The predicted molar refractivity (Wildman–Crippen MR) is 9.37 cm³/mol. The van der Waals surface area contributed by atoms with Crippen molar-refractivity contribution in [2.75, 3.05) is 0 Å². The largest absolute Gasteiger partial charge is 2.00 e. The van der Waals surface area contributed by atoms with Crippen LogP contribution in [-0.4, -0.2) is 29.4 Å². The molecule has 2 radical (unpaired) electrons. The standard InChI is InChI=1S/2HI.H2O.Sn/h2*1H;1H2;/q;;;+2/p-2. The predicted octanol–water partition coefficient (Wildman–Crippen LogP) is -7.20. The molecule has 0 rings (SSSR count). The van der Waals surface area contributed by atoms with Crippen LogP contribution in [0.3, 0.4) is 0 Å². The molecule has 0 saturated heterocycles. The van der Waals surface area contributed by atoms with Crippen molar-refractivity contribution in [3.63, 3.8) is 0 Å². The van der Waals surface area contributed by atoms with Crippen LogP contribution in [0.2, 0.25) is 0 Å². The van der Waals surface area contributed by atoms with Gasteiger partial charge in [-0.1, -0.05) is 0 Å². The minimum atomic E-state index is 0. The van der Waals surface area contributed by atoms with E-state index in [1.54, 1.807) is 0 Å². The third kappa shape index (κ3) is 8.88. The SMILES string of the molecule is O.[I-].[I-].[Sn+2]. The summed E-state index contributed by atoms with van der Waals surface area (Å²) in [6.07, 6.45) is 0. The molecule has 0 aliphatic rings. The van der Waals surface area contributed by atoms with E-state index in [-0.39, 0.29) is 77.3 Å². The molecule has 0 aliphatic heterocycles. The Labute approximate surface area is 76.2 Å². The molecule has 26 valence electrons. The van der Waals surface area contributed by atoms with Gasteiger partial charge in [-0.2, -0.15) is 0 Å². The minimum Gasteiger partial charge on any atom is -1.00 e. The molecule has 0 unspecified atom stereocenters.